The summed E-state index contributed by atoms with van der Waals surface area (Å²) in [4.78, 5) is 14.3. The summed E-state index contributed by atoms with van der Waals surface area (Å²) in [5, 5.41) is 10.2. The highest BCUT2D eigenvalue weighted by atomic mass is 16.5. The Morgan fingerprint density at radius 1 is 1.00 bits per heavy atom. The maximum absolute atomic E-state index is 11.6. The third-order valence-corrected chi connectivity index (χ3v) is 2.76. The number of hydrogen-bond acceptors (Lipinski definition) is 3. The summed E-state index contributed by atoms with van der Waals surface area (Å²) < 4.78 is 5.70. The van der Waals surface area contributed by atoms with Gasteiger partial charge in [0.1, 0.15) is 17.2 Å². The molecule has 0 bridgehead atoms. The predicted molar refractivity (Wildman–Crippen MR) is 72.7 cm³/mol. The van der Waals surface area contributed by atoms with Crippen molar-refractivity contribution in [2.75, 3.05) is 0 Å². The van der Waals surface area contributed by atoms with E-state index in [0.717, 1.165) is 0 Å². The van der Waals surface area contributed by atoms with Crippen LogP contribution in [-0.4, -0.2) is 10.1 Å². The fraction of sp³-hybridized carbons (Fsp3) is 0. The summed E-state index contributed by atoms with van der Waals surface area (Å²) in [5.74, 6) is 1.18. The highest BCUT2D eigenvalue weighted by Crippen LogP contribution is 2.29. The minimum atomic E-state index is -0.246. The Bertz CT molecular complexity index is 778. The molecule has 4 nitrogen and oxygen atoms in total. The van der Waals surface area contributed by atoms with Crippen LogP contribution in [0.2, 0.25) is 0 Å². The number of H-pyrrole nitrogens is 1. The third kappa shape index (κ3) is 2.28. The van der Waals surface area contributed by atoms with Gasteiger partial charge < -0.3 is 14.8 Å². The molecule has 0 radical (unpaired) electrons. The summed E-state index contributed by atoms with van der Waals surface area (Å²) >= 11 is 0. The Balaban J connectivity index is 2.17. The summed E-state index contributed by atoms with van der Waals surface area (Å²) in [6.45, 7) is 0. The minimum Gasteiger partial charge on any atom is -0.508 e. The van der Waals surface area contributed by atoms with E-state index in [1.54, 1.807) is 24.3 Å². The Morgan fingerprint density at radius 3 is 2.58 bits per heavy atom. The zero-order valence-electron chi connectivity index (χ0n) is 9.96. The normalized spacial score (nSPS) is 10.5. The number of aromatic amines is 1. The number of ether oxygens (including phenoxy) is 1. The second-order valence-electron chi connectivity index (χ2n) is 4.14. The summed E-state index contributed by atoms with van der Waals surface area (Å²) in [6.07, 6.45) is 0. The Morgan fingerprint density at radius 2 is 1.79 bits per heavy atom. The van der Waals surface area contributed by atoms with Crippen molar-refractivity contribution in [2.45, 2.75) is 0 Å². The molecule has 3 aromatic rings. The smallest absolute Gasteiger partial charge is 0.252 e. The number of aromatic hydroxyl groups is 1. The van der Waals surface area contributed by atoms with Crippen molar-refractivity contribution in [1.29, 1.82) is 0 Å². The van der Waals surface area contributed by atoms with Crippen LogP contribution in [0.15, 0.2) is 59.4 Å². The fourth-order valence-electron chi connectivity index (χ4n) is 1.91. The highest BCUT2D eigenvalue weighted by molar-refractivity contribution is 5.86. The molecule has 94 valence electrons. The van der Waals surface area contributed by atoms with Gasteiger partial charge in [0.25, 0.3) is 5.56 Å². The molecule has 0 aliphatic carbocycles. The number of nitrogens with one attached hydrogen (secondary N) is 1. The van der Waals surface area contributed by atoms with Crippen LogP contribution in [0.1, 0.15) is 0 Å². The van der Waals surface area contributed by atoms with E-state index in [1.165, 1.54) is 12.1 Å². The lowest BCUT2D eigenvalue weighted by molar-refractivity contribution is 0.473. The number of phenolic OH excluding ortho intramolecular Hbond substituents is 1. The molecule has 3 rings (SSSR count). The summed E-state index contributed by atoms with van der Waals surface area (Å²) in [7, 11) is 0. The summed E-state index contributed by atoms with van der Waals surface area (Å²) in [5.41, 5.74) is 0.375. The molecule has 4 heteroatoms. The molecule has 0 amide bonds. The number of hydrogen-bond donors (Lipinski definition) is 2. The maximum atomic E-state index is 11.6. The molecule has 2 aromatic carbocycles. The number of benzene rings is 2. The van der Waals surface area contributed by atoms with Gasteiger partial charge in [0.2, 0.25) is 0 Å². The van der Waals surface area contributed by atoms with E-state index in [0.29, 0.717) is 22.4 Å². The average Bonchev–Trinajstić information content (AvgIpc) is 2.41. The lowest BCUT2D eigenvalue weighted by Crippen LogP contribution is -2.04. The number of phenols is 1. The van der Waals surface area contributed by atoms with E-state index in [1.807, 2.05) is 18.2 Å². The van der Waals surface area contributed by atoms with Crippen LogP contribution in [0, 0.1) is 0 Å². The van der Waals surface area contributed by atoms with Gasteiger partial charge in [0, 0.05) is 11.5 Å². The van der Waals surface area contributed by atoms with Gasteiger partial charge in [-0.25, -0.2) is 0 Å². The Kier molecular flexibility index (Phi) is 2.68. The molecule has 0 fully saturated rings. The SMILES string of the molecule is O=c1cc(Oc2ccccc2)c2cc(O)ccc2[nH]1. The molecule has 0 aliphatic heterocycles. The van der Waals surface area contributed by atoms with Crippen molar-refractivity contribution in [1.82, 2.24) is 4.98 Å². The monoisotopic (exact) mass is 253 g/mol. The van der Waals surface area contributed by atoms with Crippen molar-refractivity contribution in [3.63, 3.8) is 0 Å². The first kappa shape index (κ1) is 11.3. The van der Waals surface area contributed by atoms with Crippen LogP contribution in [-0.2, 0) is 0 Å². The molecule has 2 N–H and O–H groups in total. The maximum Gasteiger partial charge on any atom is 0.252 e. The topological polar surface area (TPSA) is 62.3 Å². The van der Waals surface area contributed by atoms with Gasteiger partial charge >= 0.3 is 0 Å². The van der Waals surface area contributed by atoms with E-state index >= 15 is 0 Å². The Labute approximate surface area is 108 Å². The second-order valence-corrected chi connectivity index (χ2v) is 4.14. The lowest BCUT2D eigenvalue weighted by atomic mass is 10.2. The van der Waals surface area contributed by atoms with Crippen molar-refractivity contribution in [3.8, 4) is 17.2 Å². The second kappa shape index (κ2) is 4.49. The van der Waals surface area contributed by atoms with Gasteiger partial charge in [-0.05, 0) is 30.3 Å². The fourth-order valence-corrected chi connectivity index (χ4v) is 1.91. The number of aromatic nitrogens is 1. The van der Waals surface area contributed by atoms with Crippen LogP contribution in [0.5, 0.6) is 17.2 Å². The molecular formula is C15H11NO3. The Hall–Kier alpha value is -2.75. The molecular weight excluding hydrogens is 242 g/mol. The van der Waals surface area contributed by atoms with E-state index in [4.69, 9.17) is 4.74 Å². The number of fused-ring (bicyclic) bond motifs is 1. The summed E-state index contributed by atoms with van der Waals surface area (Å²) in [6, 6.07) is 15.3. The van der Waals surface area contributed by atoms with Crippen LogP contribution >= 0.6 is 0 Å². The molecule has 0 spiro atoms. The minimum absolute atomic E-state index is 0.123. The first-order valence-electron chi connectivity index (χ1n) is 5.81. The third-order valence-electron chi connectivity index (χ3n) is 2.76. The zero-order valence-corrected chi connectivity index (χ0v) is 9.96. The lowest BCUT2D eigenvalue weighted by Gasteiger charge is -2.08. The van der Waals surface area contributed by atoms with Crippen LogP contribution in [0.25, 0.3) is 10.9 Å². The van der Waals surface area contributed by atoms with Gasteiger partial charge in [-0.2, -0.15) is 0 Å². The zero-order chi connectivity index (χ0) is 13.2. The molecule has 0 saturated heterocycles. The van der Waals surface area contributed by atoms with E-state index in [9.17, 15) is 9.90 Å². The van der Waals surface area contributed by atoms with E-state index in [-0.39, 0.29) is 11.3 Å². The van der Waals surface area contributed by atoms with Gasteiger partial charge in [-0.15, -0.1) is 0 Å². The quantitative estimate of drug-likeness (QED) is 0.738. The molecule has 0 unspecified atom stereocenters. The van der Waals surface area contributed by atoms with Crippen LogP contribution < -0.4 is 10.3 Å². The molecule has 19 heavy (non-hydrogen) atoms. The molecule has 0 aliphatic rings. The van der Waals surface area contributed by atoms with E-state index < -0.39 is 0 Å². The van der Waals surface area contributed by atoms with Crippen molar-refractivity contribution in [2.24, 2.45) is 0 Å². The first-order valence-corrected chi connectivity index (χ1v) is 5.81. The van der Waals surface area contributed by atoms with Crippen molar-refractivity contribution < 1.29 is 9.84 Å². The van der Waals surface area contributed by atoms with Gasteiger partial charge in [0.05, 0.1) is 5.52 Å². The first-order chi connectivity index (χ1) is 9.22. The molecule has 1 heterocycles. The number of para-hydroxylation sites is 1. The largest absolute Gasteiger partial charge is 0.508 e. The van der Waals surface area contributed by atoms with Gasteiger partial charge in [-0.1, -0.05) is 18.2 Å². The van der Waals surface area contributed by atoms with E-state index in [2.05, 4.69) is 4.98 Å². The van der Waals surface area contributed by atoms with Crippen molar-refractivity contribution in [3.05, 3.63) is 65.0 Å². The standard InChI is InChI=1S/C15H11NO3/c17-10-6-7-13-12(8-10)14(9-15(18)16-13)19-11-4-2-1-3-5-11/h1-9,17H,(H,16,18). The van der Waals surface area contributed by atoms with Gasteiger partial charge in [-0.3, -0.25) is 4.79 Å². The highest BCUT2D eigenvalue weighted by Gasteiger charge is 2.06. The predicted octanol–water partition coefficient (Wildman–Crippen LogP) is 3.03. The molecule has 0 saturated carbocycles. The number of rotatable bonds is 2. The van der Waals surface area contributed by atoms with Crippen molar-refractivity contribution >= 4 is 10.9 Å². The van der Waals surface area contributed by atoms with Crippen LogP contribution in [0.3, 0.4) is 0 Å². The van der Waals surface area contributed by atoms with Gasteiger partial charge in [0.15, 0.2) is 0 Å². The molecule has 1 aromatic heterocycles. The molecule has 0 atom stereocenters. The van der Waals surface area contributed by atoms with Crippen LogP contribution in [0.4, 0.5) is 0 Å². The average molecular weight is 253 g/mol. The number of pyridine rings is 1.